The lowest BCUT2D eigenvalue weighted by molar-refractivity contribution is -0.122. The first-order valence-electron chi connectivity index (χ1n) is 7.02. The Morgan fingerprint density at radius 3 is 2.91 bits per heavy atom. The molecule has 2 heterocycles. The van der Waals surface area contributed by atoms with Gasteiger partial charge in [0, 0.05) is 10.4 Å². The Kier molecular flexibility index (Phi) is 4.11. The van der Waals surface area contributed by atoms with Gasteiger partial charge in [0.1, 0.15) is 6.04 Å². The topological polar surface area (TPSA) is 70.9 Å². The number of nitrogens with one attached hydrogen (secondary N) is 1. The van der Waals surface area contributed by atoms with E-state index in [9.17, 15) is 9.59 Å². The number of hydrogen-bond acceptors (Lipinski definition) is 4. The number of thiophene rings is 1. The maximum Gasteiger partial charge on any atom is 0.295 e. The second-order valence-corrected chi connectivity index (χ2v) is 6.11. The van der Waals surface area contributed by atoms with Gasteiger partial charge in [-0.25, -0.2) is 0 Å². The van der Waals surface area contributed by atoms with E-state index in [0.717, 1.165) is 10.4 Å². The number of fused-ring (bicyclic) bond motifs is 1. The van der Waals surface area contributed by atoms with E-state index in [1.165, 1.54) is 0 Å². The summed E-state index contributed by atoms with van der Waals surface area (Å²) >= 11 is 1.61. The van der Waals surface area contributed by atoms with Gasteiger partial charge in [0.15, 0.2) is 0 Å². The molecule has 0 fully saturated rings. The number of nitrogens with zero attached hydrogens (tertiary/aromatic N) is 2. The van der Waals surface area contributed by atoms with Crippen molar-refractivity contribution in [2.75, 3.05) is 0 Å². The molecule has 1 aliphatic heterocycles. The van der Waals surface area contributed by atoms with Crippen molar-refractivity contribution in [3.63, 3.8) is 0 Å². The zero-order chi connectivity index (χ0) is 15.5. The zero-order valence-corrected chi connectivity index (χ0v) is 12.8. The zero-order valence-electron chi connectivity index (χ0n) is 12.0. The van der Waals surface area contributed by atoms with Gasteiger partial charge < -0.3 is 5.32 Å². The molecule has 0 saturated carbocycles. The summed E-state index contributed by atoms with van der Waals surface area (Å²) in [6.07, 6.45) is 0.184. The molecule has 0 radical (unpaired) electrons. The monoisotopic (exact) mass is 313 g/mol. The second-order valence-electron chi connectivity index (χ2n) is 5.13. The third kappa shape index (κ3) is 2.96. The lowest BCUT2D eigenvalue weighted by Gasteiger charge is -2.19. The Labute approximate surface area is 132 Å². The van der Waals surface area contributed by atoms with E-state index in [4.69, 9.17) is 0 Å². The Morgan fingerprint density at radius 2 is 2.14 bits per heavy atom. The minimum absolute atomic E-state index is 0.0371. The molecule has 5 nitrogen and oxygen atoms in total. The average Bonchev–Trinajstić information content (AvgIpc) is 3.05. The highest BCUT2D eigenvalue weighted by Gasteiger charge is 2.25. The van der Waals surface area contributed by atoms with Crippen LogP contribution in [-0.2, 0) is 4.79 Å². The quantitative estimate of drug-likeness (QED) is 0.935. The van der Waals surface area contributed by atoms with Crippen molar-refractivity contribution >= 4 is 23.2 Å². The molecule has 2 aromatic rings. The molecule has 1 aromatic carbocycles. The van der Waals surface area contributed by atoms with Crippen LogP contribution in [0.5, 0.6) is 0 Å². The van der Waals surface area contributed by atoms with Crippen molar-refractivity contribution in [1.82, 2.24) is 5.32 Å². The SMILES string of the molecule is CC(NC(=O)CC1N=NC(=O)c2ccccc21)c1cccs1. The molecule has 1 aliphatic rings. The van der Waals surface area contributed by atoms with Gasteiger partial charge in [0.05, 0.1) is 12.5 Å². The van der Waals surface area contributed by atoms with Gasteiger partial charge in [-0.3, -0.25) is 9.59 Å². The van der Waals surface area contributed by atoms with E-state index in [2.05, 4.69) is 15.5 Å². The van der Waals surface area contributed by atoms with Crippen molar-refractivity contribution in [2.24, 2.45) is 10.2 Å². The fourth-order valence-corrected chi connectivity index (χ4v) is 3.19. The minimum atomic E-state index is -0.399. The van der Waals surface area contributed by atoms with Crippen LogP contribution in [0.2, 0.25) is 0 Å². The van der Waals surface area contributed by atoms with E-state index in [1.807, 2.05) is 36.6 Å². The molecule has 2 amide bonds. The third-order valence-electron chi connectivity index (χ3n) is 3.56. The second kappa shape index (κ2) is 6.19. The summed E-state index contributed by atoms with van der Waals surface area (Å²) in [5.74, 6) is -0.451. The highest BCUT2D eigenvalue weighted by molar-refractivity contribution is 7.10. The predicted octanol–water partition coefficient (Wildman–Crippen LogP) is 3.66. The molecule has 0 spiro atoms. The smallest absolute Gasteiger partial charge is 0.295 e. The van der Waals surface area contributed by atoms with Crippen LogP contribution in [0.25, 0.3) is 0 Å². The fraction of sp³-hybridized carbons (Fsp3) is 0.250. The molecule has 2 unspecified atom stereocenters. The van der Waals surface area contributed by atoms with Gasteiger partial charge in [0.2, 0.25) is 5.91 Å². The molecule has 112 valence electrons. The van der Waals surface area contributed by atoms with Crippen LogP contribution in [0.4, 0.5) is 0 Å². The molecule has 2 atom stereocenters. The summed E-state index contributed by atoms with van der Waals surface area (Å²) in [5, 5.41) is 12.6. The van der Waals surface area contributed by atoms with Crippen molar-refractivity contribution in [1.29, 1.82) is 0 Å². The van der Waals surface area contributed by atoms with Crippen LogP contribution < -0.4 is 5.32 Å². The number of rotatable bonds is 4. The molecule has 6 heteroatoms. The van der Waals surface area contributed by atoms with Gasteiger partial charge in [-0.15, -0.1) is 16.5 Å². The van der Waals surface area contributed by atoms with Gasteiger partial charge >= 0.3 is 0 Å². The molecule has 0 bridgehead atoms. The van der Waals surface area contributed by atoms with E-state index < -0.39 is 6.04 Å². The van der Waals surface area contributed by atoms with Crippen molar-refractivity contribution in [3.8, 4) is 0 Å². The maximum atomic E-state index is 12.2. The van der Waals surface area contributed by atoms with Crippen LogP contribution in [0, 0.1) is 0 Å². The van der Waals surface area contributed by atoms with Crippen LogP contribution >= 0.6 is 11.3 Å². The average molecular weight is 313 g/mol. The Bertz CT molecular complexity index is 725. The fourth-order valence-electron chi connectivity index (χ4n) is 2.46. The lowest BCUT2D eigenvalue weighted by atomic mass is 9.96. The molecule has 22 heavy (non-hydrogen) atoms. The molecular formula is C16H15N3O2S. The summed E-state index contributed by atoms with van der Waals surface area (Å²) in [4.78, 5) is 25.0. The molecular weight excluding hydrogens is 298 g/mol. The van der Waals surface area contributed by atoms with Crippen LogP contribution in [-0.4, -0.2) is 11.8 Å². The van der Waals surface area contributed by atoms with Crippen LogP contribution in [0.1, 0.15) is 46.2 Å². The van der Waals surface area contributed by atoms with E-state index >= 15 is 0 Å². The first-order chi connectivity index (χ1) is 10.6. The van der Waals surface area contributed by atoms with Crippen molar-refractivity contribution in [3.05, 3.63) is 57.8 Å². The maximum absolute atomic E-state index is 12.2. The largest absolute Gasteiger partial charge is 0.349 e. The summed E-state index contributed by atoms with van der Waals surface area (Å²) in [6, 6.07) is 10.7. The molecule has 1 aromatic heterocycles. The minimum Gasteiger partial charge on any atom is -0.349 e. The number of carbonyl (C=O) groups is 2. The normalized spacial score (nSPS) is 17.9. The molecule has 3 rings (SSSR count). The highest BCUT2D eigenvalue weighted by Crippen LogP contribution is 2.30. The predicted molar refractivity (Wildman–Crippen MR) is 83.9 cm³/mol. The van der Waals surface area contributed by atoms with E-state index in [-0.39, 0.29) is 24.3 Å². The van der Waals surface area contributed by atoms with Crippen molar-refractivity contribution < 1.29 is 9.59 Å². The number of hydrogen-bond donors (Lipinski definition) is 1. The molecule has 1 N–H and O–H groups in total. The summed E-state index contributed by atoms with van der Waals surface area (Å²) < 4.78 is 0. The first-order valence-corrected chi connectivity index (χ1v) is 7.90. The van der Waals surface area contributed by atoms with E-state index in [0.29, 0.717) is 5.56 Å². The number of carbonyl (C=O) groups excluding carboxylic acids is 2. The third-order valence-corrected chi connectivity index (χ3v) is 4.62. The van der Waals surface area contributed by atoms with Gasteiger partial charge in [0.25, 0.3) is 5.91 Å². The first kappa shape index (κ1) is 14.6. The summed E-state index contributed by atoms with van der Waals surface area (Å²) in [5.41, 5.74) is 1.29. The van der Waals surface area contributed by atoms with Crippen LogP contribution in [0.3, 0.4) is 0 Å². The standard InChI is InChI=1S/C16H15N3O2S/c1-10(14-7-4-8-22-14)17-15(20)9-13-11-5-2-3-6-12(11)16(21)19-18-13/h2-8,10,13H,9H2,1H3,(H,17,20). The van der Waals surface area contributed by atoms with Gasteiger partial charge in [-0.1, -0.05) is 24.3 Å². The number of azo groups is 1. The molecule has 0 aliphatic carbocycles. The number of benzene rings is 1. The van der Waals surface area contributed by atoms with Crippen LogP contribution in [0.15, 0.2) is 52.0 Å². The van der Waals surface area contributed by atoms with E-state index in [1.54, 1.807) is 23.5 Å². The Morgan fingerprint density at radius 1 is 1.32 bits per heavy atom. The van der Waals surface area contributed by atoms with Gasteiger partial charge in [-0.2, -0.15) is 5.11 Å². The Hall–Kier alpha value is -2.34. The summed E-state index contributed by atoms with van der Waals surface area (Å²) in [6.45, 7) is 1.95. The molecule has 0 saturated heterocycles. The van der Waals surface area contributed by atoms with Gasteiger partial charge in [-0.05, 0) is 30.0 Å². The highest BCUT2D eigenvalue weighted by atomic mass is 32.1. The Balaban J connectivity index is 1.69. The van der Waals surface area contributed by atoms with Crippen molar-refractivity contribution in [2.45, 2.75) is 25.4 Å². The summed E-state index contributed by atoms with van der Waals surface area (Å²) in [7, 11) is 0. The lowest BCUT2D eigenvalue weighted by Crippen LogP contribution is -2.28. The number of amides is 2.